The highest BCUT2D eigenvalue weighted by Crippen LogP contribution is 2.28. The van der Waals surface area contributed by atoms with Crippen LogP contribution >= 0.6 is 0 Å². The monoisotopic (exact) mass is 261 g/mol. The molecule has 1 aromatic carbocycles. The van der Waals surface area contributed by atoms with Crippen molar-refractivity contribution in [2.75, 3.05) is 19.6 Å². The van der Waals surface area contributed by atoms with Gasteiger partial charge in [0.2, 0.25) is 0 Å². The number of hydrogen-bond donors (Lipinski definition) is 1. The normalized spacial score (nSPS) is 20.4. The summed E-state index contributed by atoms with van der Waals surface area (Å²) in [5.41, 5.74) is 1.27. The third-order valence-corrected chi connectivity index (χ3v) is 4.21. The van der Waals surface area contributed by atoms with E-state index >= 15 is 0 Å². The summed E-state index contributed by atoms with van der Waals surface area (Å²) in [5, 5.41) is 10.6. The van der Waals surface area contributed by atoms with Gasteiger partial charge in [-0.15, -0.1) is 0 Å². The highest BCUT2D eigenvalue weighted by atomic mass is 16.3. The zero-order valence-electron chi connectivity index (χ0n) is 12.3. The van der Waals surface area contributed by atoms with Crippen molar-refractivity contribution in [3.8, 4) is 0 Å². The summed E-state index contributed by atoms with van der Waals surface area (Å²) in [4.78, 5) is 2.42. The number of aliphatic hydroxyl groups excluding tert-OH is 1. The van der Waals surface area contributed by atoms with Crippen LogP contribution in [0, 0.1) is 5.92 Å². The quantitative estimate of drug-likeness (QED) is 0.879. The van der Waals surface area contributed by atoms with E-state index in [1.54, 1.807) is 0 Å². The van der Waals surface area contributed by atoms with Crippen LogP contribution in [0.4, 0.5) is 0 Å². The van der Waals surface area contributed by atoms with Gasteiger partial charge in [-0.1, -0.05) is 50.6 Å². The molecule has 2 nitrogen and oxygen atoms in total. The van der Waals surface area contributed by atoms with Crippen molar-refractivity contribution in [1.29, 1.82) is 0 Å². The van der Waals surface area contributed by atoms with Gasteiger partial charge in [-0.2, -0.15) is 0 Å². The Morgan fingerprint density at radius 2 is 1.68 bits per heavy atom. The Kier molecular flexibility index (Phi) is 5.41. The number of nitrogens with zero attached hydrogens (tertiary/aromatic N) is 1. The Morgan fingerprint density at radius 3 is 2.26 bits per heavy atom. The summed E-state index contributed by atoms with van der Waals surface area (Å²) in [6.45, 7) is 7.53. The molecule has 1 aliphatic heterocycles. The van der Waals surface area contributed by atoms with Crippen LogP contribution < -0.4 is 0 Å². The molecule has 0 aliphatic carbocycles. The zero-order valence-corrected chi connectivity index (χ0v) is 12.3. The molecule has 1 aliphatic rings. The standard InChI is InChI=1S/C17H27NO/c1-14(2)17(15-9-5-3-6-10-15)16(19)13-18-11-7-4-8-12-18/h3,5-6,9-10,14,16-17,19H,4,7-8,11-13H2,1-2H3. The van der Waals surface area contributed by atoms with Gasteiger partial charge in [0, 0.05) is 12.5 Å². The first-order chi connectivity index (χ1) is 9.18. The van der Waals surface area contributed by atoms with Crippen LogP contribution in [0.2, 0.25) is 0 Å². The summed E-state index contributed by atoms with van der Waals surface area (Å²) >= 11 is 0. The molecule has 2 atom stereocenters. The van der Waals surface area contributed by atoms with Crippen molar-refractivity contribution in [3.63, 3.8) is 0 Å². The lowest BCUT2D eigenvalue weighted by atomic mass is 9.83. The molecule has 0 saturated carbocycles. The fourth-order valence-corrected chi connectivity index (χ4v) is 3.25. The molecular weight excluding hydrogens is 234 g/mol. The van der Waals surface area contributed by atoms with E-state index in [2.05, 4.69) is 43.0 Å². The van der Waals surface area contributed by atoms with E-state index in [-0.39, 0.29) is 12.0 Å². The van der Waals surface area contributed by atoms with Crippen LogP contribution in [-0.2, 0) is 0 Å². The molecule has 1 N–H and O–H groups in total. The second-order valence-corrected chi connectivity index (χ2v) is 6.11. The van der Waals surface area contributed by atoms with Crippen molar-refractivity contribution >= 4 is 0 Å². The summed E-state index contributed by atoms with van der Waals surface area (Å²) in [5.74, 6) is 0.699. The van der Waals surface area contributed by atoms with Crippen LogP contribution in [0.15, 0.2) is 30.3 Å². The Morgan fingerprint density at radius 1 is 1.05 bits per heavy atom. The van der Waals surface area contributed by atoms with E-state index in [9.17, 15) is 5.11 Å². The van der Waals surface area contributed by atoms with Crippen LogP contribution in [0.25, 0.3) is 0 Å². The smallest absolute Gasteiger partial charge is 0.0737 e. The molecule has 2 unspecified atom stereocenters. The maximum absolute atomic E-state index is 10.6. The van der Waals surface area contributed by atoms with Crippen LogP contribution in [0.5, 0.6) is 0 Å². The minimum absolute atomic E-state index is 0.239. The SMILES string of the molecule is CC(C)C(c1ccccc1)C(O)CN1CCCCC1. The molecule has 1 heterocycles. The second-order valence-electron chi connectivity index (χ2n) is 6.11. The fourth-order valence-electron chi connectivity index (χ4n) is 3.25. The number of piperidine rings is 1. The Hall–Kier alpha value is -0.860. The van der Waals surface area contributed by atoms with E-state index in [4.69, 9.17) is 0 Å². The van der Waals surface area contributed by atoms with Gasteiger partial charge >= 0.3 is 0 Å². The average Bonchev–Trinajstić information content (AvgIpc) is 2.40. The lowest BCUT2D eigenvalue weighted by molar-refractivity contribution is 0.0677. The van der Waals surface area contributed by atoms with Crippen LogP contribution in [0.1, 0.15) is 44.6 Å². The molecule has 2 heteroatoms. The Labute approximate surface area is 117 Å². The molecule has 1 aromatic rings. The molecule has 1 saturated heterocycles. The van der Waals surface area contributed by atoms with Gasteiger partial charge in [-0.25, -0.2) is 0 Å². The lowest BCUT2D eigenvalue weighted by Gasteiger charge is -2.33. The van der Waals surface area contributed by atoms with Gasteiger partial charge in [0.15, 0.2) is 0 Å². The van der Waals surface area contributed by atoms with Gasteiger partial charge in [0.25, 0.3) is 0 Å². The van der Waals surface area contributed by atoms with Crippen LogP contribution in [-0.4, -0.2) is 35.7 Å². The molecule has 0 bridgehead atoms. The minimum atomic E-state index is -0.263. The molecule has 0 radical (unpaired) electrons. The van der Waals surface area contributed by atoms with E-state index < -0.39 is 0 Å². The number of hydrogen-bond acceptors (Lipinski definition) is 2. The Balaban J connectivity index is 2.02. The van der Waals surface area contributed by atoms with E-state index in [0.29, 0.717) is 5.92 Å². The number of rotatable bonds is 5. The van der Waals surface area contributed by atoms with Gasteiger partial charge in [0.1, 0.15) is 0 Å². The van der Waals surface area contributed by atoms with Crippen molar-refractivity contribution in [3.05, 3.63) is 35.9 Å². The first-order valence-electron chi connectivity index (χ1n) is 7.64. The summed E-state index contributed by atoms with van der Waals surface area (Å²) in [6, 6.07) is 10.5. The van der Waals surface area contributed by atoms with Crippen molar-refractivity contribution in [2.45, 2.75) is 45.1 Å². The van der Waals surface area contributed by atoms with Crippen molar-refractivity contribution in [2.24, 2.45) is 5.92 Å². The maximum atomic E-state index is 10.6. The third-order valence-electron chi connectivity index (χ3n) is 4.21. The third kappa shape index (κ3) is 4.05. The van der Waals surface area contributed by atoms with E-state index in [0.717, 1.165) is 19.6 Å². The molecule has 19 heavy (non-hydrogen) atoms. The number of likely N-dealkylation sites (tertiary alicyclic amines) is 1. The number of benzene rings is 1. The first kappa shape index (κ1) is 14.5. The summed E-state index contributed by atoms with van der Waals surface area (Å²) in [6.07, 6.45) is 3.65. The molecule has 0 aromatic heterocycles. The largest absolute Gasteiger partial charge is 0.391 e. The molecule has 0 spiro atoms. The summed E-state index contributed by atoms with van der Waals surface area (Å²) in [7, 11) is 0. The average molecular weight is 261 g/mol. The molecular formula is C17H27NO. The highest BCUT2D eigenvalue weighted by Gasteiger charge is 2.26. The number of β-amino-alcohol motifs (C(OH)–C–C–N with tert-alkyl or cyclic N) is 1. The van der Waals surface area contributed by atoms with Crippen LogP contribution in [0.3, 0.4) is 0 Å². The van der Waals surface area contributed by atoms with E-state index in [1.165, 1.54) is 24.8 Å². The first-order valence-corrected chi connectivity index (χ1v) is 7.64. The van der Waals surface area contributed by atoms with E-state index in [1.807, 2.05) is 6.07 Å². The minimum Gasteiger partial charge on any atom is -0.391 e. The van der Waals surface area contributed by atoms with Gasteiger partial charge in [0.05, 0.1) is 6.10 Å². The van der Waals surface area contributed by atoms with Gasteiger partial charge < -0.3 is 10.0 Å². The molecule has 2 rings (SSSR count). The number of aliphatic hydroxyl groups is 1. The lowest BCUT2D eigenvalue weighted by Crippen LogP contribution is -2.40. The molecule has 0 amide bonds. The zero-order chi connectivity index (χ0) is 13.7. The highest BCUT2D eigenvalue weighted by molar-refractivity contribution is 5.21. The van der Waals surface area contributed by atoms with Crippen molar-refractivity contribution in [1.82, 2.24) is 4.90 Å². The molecule has 1 fully saturated rings. The maximum Gasteiger partial charge on any atom is 0.0737 e. The van der Waals surface area contributed by atoms with Crippen molar-refractivity contribution < 1.29 is 5.11 Å². The Bertz CT molecular complexity index is 357. The predicted octanol–water partition coefficient (Wildman–Crippen LogP) is 3.27. The predicted molar refractivity (Wildman–Crippen MR) is 80.3 cm³/mol. The topological polar surface area (TPSA) is 23.5 Å². The molecule has 106 valence electrons. The summed E-state index contributed by atoms with van der Waals surface area (Å²) < 4.78 is 0. The van der Waals surface area contributed by atoms with Gasteiger partial charge in [-0.3, -0.25) is 0 Å². The van der Waals surface area contributed by atoms with Gasteiger partial charge in [-0.05, 0) is 37.4 Å². The fraction of sp³-hybridized carbons (Fsp3) is 0.647. The second kappa shape index (κ2) is 7.06.